The Labute approximate surface area is 163 Å². The molecule has 2 fully saturated rings. The van der Waals surface area contributed by atoms with E-state index in [1.54, 1.807) is 18.7 Å². The fraction of sp³-hybridized carbons (Fsp3) is 0.600. The smallest absolute Gasteiger partial charge is 0.254 e. The van der Waals surface area contributed by atoms with E-state index < -0.39 is 0 Å². The minimum atomic E-state index is -0.167. The number of rotatable bonds is 2. The van der Waals surface area contributed by atoms with E-state index in [0.717, 1.165) is 54.4 Å². The highest BCUT2D eigenvalue weighted by molar-refractivity contribution is 9.10. The van der Waals surface area contributed by atoms with E-state index in [-0.39, 0.29) is 29.9 Å². The van der Waals surface area contributed by atoms with Crippen LogP contribution in [0.15, 0.2) is 22.7 Å². The van der Waals surface area contributed by atoms with Gasteiger partial charge in [0.15, 0.2) is 0 Å². The summed E-state index contributed by atoms with van der Waals surface area (Å²) in [7, 11) is 0. The first kappa shape index (κ1) is 19.4. The monoisotopic (exact) mass is 422 g/mol. The van der Waals surface area contributed by atoms with Gasteiger partial charge in [-0.1, -0.05) is 15.9 Å². The molecule has 4 rings (SSSR count). The zero-order valence-electron chi connectivity index (χ0n) is 15.5. The summed E-state index contributed by atoms with van der Waals surface area (Å²) in [5.41, 5.74) is 2.04. The summed E-state index contributed by atoms with van der Waals surface area (Å²) in [5.74, 6) is 0.106. The second-order valence-corrected chi connectivity index (χ2v) is 8.73. The molecule has 5 nitrogen and oxygen atoms in total. The third-order valence-electron chi connectivity index (χ3n) is 5.20. The maximum absolute atomic E-state index is 12.7. The summed E-state index contributed by atoms with van der Waals surface area (Å²) in [5, 5.41) is 8.06. The fourth-order valence-electron chi connectivity index (χ4n) is 3.77. The van der Waals surface area contributed by atoms with Crippen LogP contribution in [-0.4, -0.2) is 59.0 Å². The van der Waals surface area contributed by atoms with E-state index in [4.69, 9.17) is 5.11 Å². The van der Waals surface area contributed by atoms with Crippen LogP contribution < -0.4 is 0 Å². The van der Waals surface area contributed by atoms with Crippen LogP contribution in [0.3, 0.4) is 0 Å². The van der Waals surface area contributed by atoms with Crippen molar-refractivity contribution in [1.82, 2.24) is 9.80 Å². The SMILES string of the molecule is CC(C)O.O=C(CN1CC2(CC2)c2cc(Br)ccc2C1=O)N1CCCC1. The second kappa shape index (κ2) is 7.69. The van der Waals surface area contributed by atoms with Crippen molar-refractivity contribution in [3.63, 3.8) is 0 Å². The number of benzene rings is 1. The van der Waals surface area contributed by atoms with Gasteiger partial charge in [0, 0.05) is 41.2 Å². The molecule has 26 heavy (non-hydrogen) atoms. The number of hydrogen-bond donors (Lipinski definition) is 1. The Bertz CT molecular complexity index is 692. The number of fused-ring (bicyclic) bond motifs is 2. The molecular weight excluding hydrogens is 396 g/mol. The van der Waals surface area contributed by atoms with Gasteiger partial charge in [0.2, 0.25) is 5.91 Å². The van der Waals surface area contributed by atoms with Crippen molar-refractivity contribution in [3.05, 3.63) is 33.8 Å². The first-order valence-corrected chi connectivity index (χ1v) is 10.2. The van der Waals surface area contributed by atoms with Crippen LogP contribution in [0.5, 0.6) is 0 Å². The highest BCUT2D eigenvalue weighted by atomic mass is 79.9. The lowest BCUT2D eigenvalue weighted by Crippen LogP contribution is -2.48. The number of nitrogens with zero attached hydrogens (tertiary/aromatic N) is 2. The lowest BCUT2D eigenvalue weighted by Gasteiger charge is -2.35. The molecule has 1 N–H and O–H groups in total. The van der Waals surface area contributed by atoms with Crippen LogP contribution >= 0.6 is 15.9 Å². The third kappa shape index (κ3) is 4.12. The minimum Gasteiger partial charge on any atom is -0.394 e. The maximum Gasteiger partial charge on any atom is 0.254 e. The van der Waals surface area contributed by atoms with Crippen LogP contribution in [-0.2, 0) is 10.2 Å². The Morgan fingerprint density at radius 3 is 2.46 bits per heavy atom. The molecule has 0 unspecified atom stereocenters. The van der Waals surface area contributed by atoms with Crippen molar-refractivity contribution in [1.29, 1.82) is 0 Å². The number of aliphatic hydroxyl groups is 1. The van der Waals surface area contributed by atoms with Crippen LogP contribution in [0.1, 0.15) is 55.5 Å². The summed E-state index contributed by atoms with van der Waals surface area (Å²) in [6.45, 7) is 6.05. The van der Waals surface area contributed by atoms with Gasteiger partial charge in [0.1, 0.15) is 6.54 Å². The molecule has 2 heterocycles. The van der Waals surface area contributed by atoms with Gasteiger partial charge in [-0.3, -0.25) is 9.59 Å². The molecule has 6 heteroatoms. The molecule has 142 valence electrons. The topological polar surface area (TPSA) is 60.9 Å². The first-order chi connectivity index (χ1) is 12.3. The van der Waals surface area contributed by atoms with Gasteiger partial charge in [-0.05, 0) is 63.3 Å². The average Bonchev–Trinajstić information content (AvgIpc) is 3.12. The summed E-state index contributed by atoms with van der Waals surface area (Å²) < 4.78 is 1.02. The molecular formula is C20H27BrN2O3. The Morgan fingerprint density at radius 2 is 1.88 bits per heavy atom. The van der Waals surface area contributed by atoms with Crippen molar-refractivity contribution < 1.29 is 14.7 Å². The molecule has 1 saturated heterocycles. The standard InChI is InChI=1S/C17H19BrN2O2.C3H8O/c18-12-3-4-13-14(9-12)17(5-6-17)11-20(16(13)22)10-15(21)19-7-1-2-8-19;1-3(2)4/h3-4,9H,1-2,5-8,10-11H2;3-4H,1-2H3. The lowest BCUT2D eigenvalue weighted by molar-refractivity contribution is -0.130. The van der Waals surface area contributed by atoms with Crippen LogP contribution in [0.25, 0.3) is 0 Å². The van der Waals surface area contributed by atoms with E-state index in [1.807, 2.05) is 17.0 Å². The van der Waals surface area contributed by atoms with Crippen molar-refractivity contribution in [2.45, 2.75) is 51.0 Å². The molecule has 1 aromatic carbocycles. The molecule has 2 amide bonds. The number of hydrogen-bond acceptors (Lipinski definition) is 3. The molecule has 0 bridgehead atoms. The lowest BCUT2D eigenvalue weighted by atomic mass is 9.86. The average molecular weight is 423 g/mol. The molecule has 3 aliphatic rings. The molecule has 1 spiro atoms. The first-order valence-electron chi connectivity index (χ1n) is 9.37. The zero-order chi connectivity index (χ0) is 18.9. The Hall–Kier alpha value is -1.40. The van der Waals surface area contributed by atoms with E-state index in [0.29, 0.717) is 6.54 Å². The largest absolute Gasteiger partial charge is 0.394 e. The second-order valence-electron chi connectivity index (χ2n) is 7.81. The van der Waals surface area contributed by atoms with Gasteiger partial charge in [0.05, 0.1) is 0 Å². The van der Waals surface area contributed by atoms with Crippen molar-refractivity contribution in [3.8, 4) is 0 Å². The van der Waals surface area contributed by atoms with Crippen molar-refractivity contribution in [2.24, 2.45) is 0 Å². The predicted molar refractivity (Wildman–Crippen MR) is 104 cm³/mol. The van der Waals surface area contributed by atoms with Gasteiger partial charge in [0.25, 0.3) is 5.91 Å². The highest BCUT2D eigenvalue weighted by Crippen LogP contribution is 2.52. The molecule has 1 saturated carbocycles. The minimum absolute atomic E-state index is 0.00701. The van der Waals surface area contributed by atoms with E-state index in [2.05, 4.69) is 22.0 Å². The number of aliphatic hydroxyl groups excluding tert-OH is 1. The quantitative estimate of drug-likeness (QED) is 0.796. The summed E-state index contributed by atoms with van der Waals surface area (Å²) in [6.07, 6.45) is 4.22. The zero-order valence-corrected chi connectivity index (χ0v) is 17.1. The Morgan fingerprint density at radius 1 is 1.27 bits per heavy atom. The van der Waals surface area contributed by atoms with Gasteiger partial charge < -0.3 is 14.9 Å². The number of carbonyl (C=O) groups excluding carboxylic acids is 2. The number of halogens is 1. The van der Waals surface area contributed by atoms with E-state index in [1.165, 1.54) is 0 Å². The third-order valence-corrected chi connectivity index (χ3v) is 5.70. The Kier molecular flexibility index (Phi) is 5.72. The van der Waals surface area contributed by atoms with Gasteiger partial charge in [-0.2, -0.15) is 0 Å². The molecule has 2 aliphatic heterocycles. The normalized spacial score (nSPS) is 20.1. The summed E-state index contributed by atoms with van der Waals surface area (Å²) in [6, 6.07) is 5.90. The molecule has 0 aromatic heterocycles. The van der Waals surface area contributed by atoms with Crippen LogP contribution in [0.2, 0.25) is 0 Å². The van der Waals surface area contributed by atoms with Crippen molar-refractivity contribution in [2.75, 3.05) is 26.2 Å². The maximum atomic E-state index is 12.7. The fourth-order valence-corrected chi connectivity index (χ4v) is 4.13. The van der Waals surface area contributed by atoms with E-state index >= 15 is 0 Å². The summed E-state index contributed by atoms with van der Waals surface area (Å²) >= 11 is 3.50. The molecule has 1 aliphatic carbocycles. The number of carbonyl (C=O) groups is 2. The van der Waals surface area contributed by atoms with Crippen molar-refractivity contribution >= 4 is 27.7 Å². The molecule has 1 aromatic rings. The Balaban J connectivity index is 0.000000447. The predicted octanol–water partition coefficient (Wildman–Crippen LogP) is 2.95. The van der Waals surface area contributed by atoms with Gasteiger partial charge >= 0.3 is 0 Å². The van der Waals surface area contributed by atoms with Crippen LogP contribution in [0.4, 0.5) is 0 Å². The highest BCUT2D eigenvalue weighted by Gasteiger charge is 2.51. The number of likely N-dealkylation sites (tertiary alicyclic amines) is 1. The van der Waals surface area contributed by atoms with Crippen LogP contribution in [0, 0.1) is 0 Å². The van der Waals surface area contributed by atoms with Gasteiger partial charge in [-0.25, -0.2) is 0 Å². The number of amides is 2. The molecule has 0 radical (unpaired) electrons. The molecule has 0 atom stereocenters. The summed E-state index contributed by atoms with van der Waals surface area (Å²) in [4.78, 5) is 28.8. The van der Waals surface area contributed by atoms with E-state index in [9.17, 15) is 9.59 Å². The van der Waals surface area contributed by atoms with Gasteiger partial charge in [-0.15, -0.1) is 0 Å².